The molecule has 1 saturated heterocycles. The van der Waals surface area contributed by atoms with Gasteiger partial charge in [-0.2, -0.15) is 0 Å². The average Bonchev–Trinajstić information content (AvgIpc) is 2.73. The molecule has 6 heteroatoms. The Bertz CT molecular complexity index is 471. The van der Waals surface area contributed by atoms with Gasteiger partial charge in [-0.1, -0.05) is 19.0 Å². The van der Waals surface area contributed by atoms with Gasteiger partial charge >= 0.3 is 0 Å². The van der Waals surface area contributed by atoms with Crippen molar-refractivity contribution in [3.05, 3.63) is 17.0 Å². The van der Waals surface area contributed by atoms with E-state index in [1.807, 2.05) is 13.8 Å². The van der Waals surface area contributed by atoms with Gasteiger partial charge in [0.15, 0.2) is 5.96 Å². The number of piperidine rings is 1. The van der Waals surface area contributed by atoms with Crippen LogP contribution in [0.25, 0.3) is 0 Å². The first-order valence-corrected chi connectivity index (χ1v) is 7.96. The molecule has 126 valence electrons. The zero-order valence-corrected chi connectivity index (χ0v) is 16.7. The zero-order valence-electron chi connectivity index (χ0n) is 14.3. The van der Waals surface area contributed by atoms with Crippen molar-refractivity contribution < 1.29 is 4.52 Å². The second-order valence-corrected chi connectivity index (χ2v) is 6.32. The van der Waals surface area contributed by atoms with Crippen LogP contribution in [0.15, 0.2) is 9.52 Å². The smallest absolute Gasteiger partial charge is 0.194 e. The van der Waals surface area contributed by atoms with E-state index < -0.39 is 0 Å². The van der Waals surface area contributed by atoms with Crippen LogP contribution in [-0.4, -0.2) is 35.7 Å². The SMILES string of the molecule is CCNC(=NCc1c(C)noc1C)N1CC(C)CC(C)C1.I. The molecule has 1 aliphatic heterocycles. The Morgan fingerprint density at radius 2 is 1.95 bits per heavy atom. The number of nitrogens with one attached hydrogen (secondary N) is 1. The van der Waals surface area contributed by atoms with Gasteiger partial charge in [-0.05, 0) is 39.0 Å². The molecule has 0 amide bonds. The summed E-state index contributed by atoms with van der Waals surface area (Å²) >= 11 is 0. The Morgan fingerprint density at radius 3 is 2.45 bits per heavy atom. The normalized spacial score (nSPS) is 22.4. The van der Waals surface area contributed by atoms with Gasteiger partial charge in [0.25, 0.3) is 0 Å². The number of rotatable bonds is 3. The molecule has 22 heavy (non-hydrogen) atoms. The predicted octanol–water partition coefficient (Wildman–Crippen LogP) is 3.35. The summed E-state index contributed by atoms with van der Waals surface area (Å²) in [5, 5.41) is 7.42. The minimum atomic E-state index is 0. The fraction of sp³-hybridized carbons (Fsp3) is 0.750. The number of nitrogens with zero attached hydrogens (tertiary/aromatic N) is 3. The summed E-state index contributed by atoms with van der Waals surface area (Å²) in [6, 6.07) is 0. The molecule has 0 bridgehead atoms. The molecule has 0 spiro atoms. The first kappa shape index (κ1) is 19.3. The molecule has 1 fully saturated rings. The number of hydrogen-bond acceptors (Lipinski definition) is 3. The van der Waals surface area contributed by atoms with Crippen molar-refractivity contribution in [1.29, 1.82) is 0 Å². The number of guanidine groups is 1. The van der Waals surface area contributed by atoms with Gasteiger partial charge in [0.1, 0.15) is 5.76 Å². The van der Waals surface area contributed by atoms with Crippen molar-refractivity contribution in [1.82, 2.24) is 15.4 Å². The van der Waals surface area contributed by atoms with Crippen molar-refractivity contribution in [2.45, 2.75) is 47.6 Å². The van der Waals surface area contributed by atoms with E-state index in [-0.39, 0.29) is 24.0 Å². The summed E-state index contributed by atoms with van der Waals surface area (Å²) in [4.78, 5) is 7.19. The molecule has 0 radical (unpaired) electrons. The lowest BCUT2D eigenvalue weighted by Crippen LogP contribution is -2.48. The first-order chi connectivity index (χ1) is 10.0. The van der Waals surface area contributed by atoms with Crippen molar-refractivity contribution >= 4 is 29.9 Å². The number of likely N-dealkylation sites (tertiary alicyclic amines) is 1. The van der Waals surface area contributed by atoms with Crippen LogP contribution in [-0.2, 0) is 6.54 Å². The highest BCUT2D eigenvalue weighted by Gasteiger charge is 2.24. The number of aryl methyl sites for hydroxylation is 2. The molecule has 2 rings (SSSR count). The van der Waals surface area contributed by atoms with Crippen LogP contribution in [0.2, 0.25) is 0 Å². The number of halogens is 1. The molecule has 1 aromatic heterocycles. The standard InChI is InChI=1S/C16H28N4O.HI/c1-6-17-16(20-9-11(2)7-12(3)10-20)18-8-15-13(4)19-21-14(15)5;/h11-12H,6-10H2,1-5H3,(H,17,18);1H. The van der Waals surface area contributed by atoms with Gasteiger partial charge in [-0.25, -0.2) is 4.99 Å². The predicted molar refractivity (Wildman–Crippen MR) is 101 cm³/mol. The molecule has 1 aliphatic rings. The summed E-state index contributed by atoms with van der Waals surface area (Å²) in [6.07, 6.45) is 1.31. The highest BCUT2D eigenvalue weighted by atomic mass is 127. The van der Waals surface area contributed by atoms with Crippen molar-refractivity contribution in [3.8, 4) is 0 Å². The molecule has 2 atom stereocenters. The fourth-order valence-electron chi connectivity index (χ4n) is 3.14. The number of hydrogen-bond donors (Lipinski definition) is 1. The van der Waals surface area contributed by atoms with E-state index in [1.54, 1.807) is 0 Å². The molecular weight excluding hydrogens is 391 g/mol. The maximum absolute atomic E-state index is 5.21. The minimum Gasteiger partial charge on any atom is -0.361 e. The quantitative estimate of drug-likeness (QED) is 0.463. The van der Waals surface area contributed by atoms with E-state index in [0.717, 1.165) is 54.4 Å². The van der Waals surface area contributed by atoms with Crippen molar-refractivity contribution in [2.24, 2.45) is 16.8 Å². The summed E-state index contributed by atoms with van der Waals surface area (Å²) in [5.74, 6) is 3.32. The molecule has 5 nitrogen and oxygen atoms in total. The van der Waals surface area contributed by atoms with Gasteiger partial charge in [0.2, 0.25) is 0 Å². The minimum absolute atomic E-state index is 0. The second kappa shape index (κ2) is 8.74. The van der Waals surface area contributed by atoms with Crippen LogP contribution >= 0.6 is 24.0 Å². The van der Waals surface area contributed by atoms with Crippen LogP contribution < -0.4 is 5.32 Å². The maximum Gasteiger partial charge on any atom is 0.194 e. The monoisotopic (exact) mass is 420 g/mol. The number of aromatic nitrogens is 1. The van der Waals surface area contributed by atoms with Crippen molar-refractivity contribution in [2.75, 3.05) is 19.6 Å². The third-order valence-electron chi connectivity index (χ3n) is 4.07. The first-order valence-electron chi connectivity index (χ1n) is 7.96. The lowest BCUT2D eigenvalue weighted by atomic mass is 9.92. The Labute approximate surface area is 150 Å². The summed E-state index contributed by atoms with van der Waals surface area (Å²) in [7, 11) is 0. The van der Waals surface area contributed by atoms with E-state index in [2.05, 4.69) is 36.1 Å². The van der Waals surface area contributed by atoms with Crippen LogP contribution in [0.1, 0.15) is 44.2 Å². The molecular formula is C16H29IN4O. The highest BCUT2D eigenvalue weighted by Crippen LogP contribution is 2.21. The van der Waals surface area contributed by atoms with E-state index in [9.17, 15) is 0 Å². The van der Waals surface area contributed by atoms with E-state index in [4.69, 9.17) is 9.52 Å². The highest BCUT2D eigenvalue weighted by molar-refractivity contribution is 14.0. The molecule has 0 saturated carbocycles. The third kappa shape index (κ3) is 4.86. The Kier molecular flexibility index (Phi) is 7.65. The molecule has 2 heterocycles. The fourth-order valence-corrected chi connectivity index (χ4v) is 3.14. The molecule has 1 aromatic rings. The maximum atomic E-state index is 5.21. The Hall–Kier alpha value is -0.790. The largest absolute Gasteiger partial charge is 0.361 e. The van der Waals surface area contributed by atoms with Gasteiger partial charge in [0.05, 0.1) is 12.2 Å². The van der Waals surface area contributed by atoms with E-state index in [0.29, 0.717) is 6.54 Å². The Morgan fingerprint density at radius 1 is 1.32 bits per heavy atom. The third-order valence-corrected chi connectivity index (χ3v) is 4.07. The second-order valence-electron chi connectivity index (χ2n) is 6.32. The van der Waals surface area contributed by atoms with Gasteiger partial charge in [-0.15, -0.1) is 24.0 Å². The summed E-state index contributed by atoms with van der Waals surface area (Å²) < 4.78 is 5.21. The molecule has 0 aromatic carbocycles. The van der Waals surface area contributed by atoms with Crippen molar-refractivity contribution in [3.63, 3.8) is 0 Å². The topological polar surface area (TPSA) is 53.7 Å². The number of aliphatic imine (C=N–C) groups is 1. The average molecular weight is 420 g/mol. The molecule has 0 aliphatic carbocycles. The van der Waals surface area contributed by atoms with Gasteiger partial charge in [-0.3, -0.25) is 0 Å². The molecule has 2 unspecified atom stereocenters. The lowest BCUT2D eigenvalue weighted by molar-refractivity contribution is 0.208. The zero-order chi connectivity index (χ0) is 15.4. The molecule has 1 N–H and O–H groups in total. The summed E-state index contributed by atoms with van der Waals surface area (Å²) in [5.41, 5.74) is 2.04. The van der Waals surface area contributed by atoms with Gasteiger partial charge < -0.3 is 14.7 Å². The van der Waals surface area contributed by atoms with Crippen LogP contribution in [0.5, 0.6) is 0 Å². The van der Waals surface area contributed by atoms with E-state index in [1.165, 1.54) is 6.42 Å². The van der Waals surface area contributed by atoms with Crippen LogP contribution in [0.4, 0.5) is 0 Å². The van der Waals surface area contributed by atoms with Crippen LogP contribution in [0.3, 0.4) is 0 Å². The van der Waals surface area contributed by atoms with E-state index >= 15 is 0 Å². The lowest BCUT2D eigenvalue weighted by Gasteiger charge is -2.37. The Balaban J connectivity index is 0.00000242. The van der Waals surface area contributed by atoms with Crippen LogP contribution in [0, 0.1) is 25.7 Å². The summed E-state index contributed by atoms with van der Waals surface area (Å²) in [6.45, 7) is 14.4. The van der Waals surface area contributed by atoms with Gasteiger partial charge in [0, 0.05) is 25.2 Å².